The van der Waals surface area contributed by atoms with E-state index in [0.29, 0.717) is 5.02 Å². The van der Waals surface area contributed by atoms with E-state index < -0.39 is 0 Å². The minimum Gasteiger partial charge on any atom is -0.314 e. The molecule has 4 heteroatoms. The summed E-state index contributed by atoms with van der Waals surface area (Å²) in [5.41, 5.74) is 0.969. The van der Waals surface area contributed by atoms with Crippen LogP contribution < -0.4 is 5.32 Å². The van der Waals surface area contributed by atoms with Gasteiger partial charge in [-0.15, -0.1) is 0 Å². The number of nitrogens with one attached hydrogen (secondary N) is 1. The van der Waals surface area contributed by atoms with E-state index in [1.165, 1.54) is 0 Å². The quantitative estimate of drug-likeness (QED) is 0.875. The molecule has 1 saturated heterocycles. The smallest absolute Gasteiger partial charge is 0.109 e. The van der Waals surface area contributed by atoms with Gasteiger partial charge in [0, 0.05) is 31.2 Å². The number of alkyl halides is 1. The van der Waals surface area contributed by atoms with Gasteiger partial charge in [0.15, 0.2) is 0 Å². The number of nitrogens with zero attached hydrogens (tertiary/aromatic N) is 1. The summed E-state index contributed by atoms with van der Waals surface area (Å²) in [6.07, 6.45) is 0. The fourth-order valence-corrected chi connectivity index (χ4v) is 2.30. The molecule has 0 aromatic heterocycles. The second-order valence-electron chi connectivity index (χ2n) is 4.01. The summed E-state index contributed by atoms with van der Waals surface area (Å²) < 4.78 is 13.2. The Balaban J connectivity index is 2.14. The first-order chi connectivity index (χ1) is 7.81. The van der Waals surface area contributed by atoms with Crippen molar-refractivity contribution in [3.63, 3.8) is 0 Å². The lowest BCUT2D eigenvalue weighted by atomic mass is 10.1. The molecule has 1 aromatic carbocycles. The highest BCUT2D eigenvalue weighted by molar-refractivity contribution is 6.30. The van der Waals surface area contributed by atoms with Crippen molar-refractivity contribution >= 4 is 11.6 Å². The van der Waals surface area contributed by atoms with Gasteiger partial charge in [-0.05, 0) is 17.7 Å². The maximum absolute atomic E-state index is 13.2. The average Bonchev–Trinajstić information content (AvgIpc) is 2.31. The number of hydrogen-bond donors (Lipinski definition) is 1. The summed E-state index contributed by atoms with van der Waals surface area (Å²) in [6, 6.07) is 7.34. The van der Waals surface area contributed by atoms with Gasteiger partial charge in [-0.1, -0.05) is 23.7 Å². The maximum Gasteiger partial charge on any atom is 0.109 e. The molecule has 1 aliphatic heterocycles. The molecule has 1 aromatic rings. The van der Waals surface area contributed by atoms with E-state index in [-0.39, 0.29) is 12.7 Å². The molecule has 88 valence electrons. The standard InChI is InChI=1S/C12H16ClFN2/c13-11-3-1-2-10(8-11)12(9-14)16-6-4-15-5-7-16/h1-3,8,12,15H,4-7,9H2/t12-/m0/s1. The van der Waals surface area contributed by atoms with Crippen LogP contribution in [0.2, 0.25) is 5.02 Å². The molecule has 1 fully saturated rings. The Morgan fingerprint density at radius 2 is 2.12 bits per heavy atom. The van der Waals surface area contributed by atoms with Gasteiger partial charge >= 0.3 is 0 Å². The second-order valence-corrected chi connectivity index (χ2v) is 4.45. The minimum absolute atomic E-state index is 0.152. The number of halogens is 2. The Hall–Kier alpha value is -0.640. The van der Waals surface area contributed by atoms with Crippen LogP contribution in [0.15, 0.2) is 24.3 Å². The van der Waals surface area contributed by atoms with Gasteiger partial charge < -0.3 is 5.32 Å². The molecule has 1 heterocycles. The van der Waals surface area contributed by atoms with Crippen LogP contribution in [-0.2, 0) is 0 Å². The number of rotatable bonds is 3. The molecule has 2 nitrogen and oxygen atoms in total. The summed E-state index contributed by atoms with van der Waals surface area (Å²) in [4.78, 5) is 2.17. The van der Waals surface area contributed by atoms with Crippen molar-refractivity contribution in [1.82, 2.24) is 10.2 Å². The van der Waals surface area contributed by atoms with Gasteiger partial charge in [-0.3, -0.25) is 4.90 Å². The summed E-state index contributed by atoms with van der Waals surface area (Å²) in [6.45, 7) is 3.27. The van der Waals surface area contributed by atoms with Crippen LogP contribution in [-0.4, -0.2) is 37.8 Å². The monoisotopic (exact) mass is 242 g/mol. The van der Waals surface area contributed by atoms with Gasteiger partial charge in [-0.25, -0.2) is 4.39 Å². The maximum atomic E-state index is 13.2. The number of hydrogen-bond acceptors (Lipinski definition) is 2. The van der Waals surface area contributed by atoms with Gasteiger partial charge in [-0.2, -0.15) is 0 Å². The molecule has 0 unspecified atom stereocenters. The molecular weight excluding hydrogens is 227 g/mol. The van der Waals surface area contributed by atoms with E-state index in [1.54, 1.807) is 0 Å². The van der Waals surface area contributed by atoms with Gasteiger partial charge in [0.1, 0.15) is 6.67 Å². The van der Waals surface area contributed by atoms with Crippen molar-refractivity contribution < 1.29 is 4.39 Å². The molecular formula is C12H16ClFN2. The van der Waals surface area contributed by atoms with Crippen molar-refractivity contribution in [1.29, 1.82) is 0 Å². The highest BCUT2D eigenvalue weighted by atomic mass is 35.5. The molecule has 0 spiro atoms. The predicted octanol–water partition coefficient (Wildman–Crippen LogP) is 2.26. The summed E-state index contributed by atoms with van der Waals surface area (Å²) in [5.74, 6) is 0. The van der Waals surface area contributed by atoms with E-state index in [1.807, 2.05) is 24.3 Å². The highest BCUT2D eigenvalue weighted by Crippen LogP contribution is 2.24. The van der Waals surface area contributed by atoms with Crippen molar-refractivity contribution in [2.45, 2.75) is 6.04 Å². The third-order valence-corrected chi connectivity index (χ3v) is 3.21. The number of benzene rings is 1. The summed E-state index contributed by atoms with van der Waals surface area (Å²) in [7, 11) is 0. The third-order valence-electron chi connectivity index (χ3n) is 2.97. The SMILES string of the molecule is FC[C@@H](c1cccc(Cl)c1)N1CCNCC1. The molecule has 0 radical (unpaired) electrons. The lowest BCUT2D eigenvalue weighted by molar-refractivity contribution is 0.147. The van der Waals surface area contributed by atoms with E-state index in [9.17, 15) is 4.39 Å². The summed E-state index contributed by atoms with van der Waals surface area (Å²) >= 11 is 5.93. The van der Waals surface area contributed by atoms with Crippen molar-refractivity contribution in [2.75, 3.05) is 32.9 Å². The number of piperazine rings is 1. The average molecular weight is 243 g/mol. The lowest BCUT2D eigenvalue weighted by Gasteiger charge is -2.33. The fraction of sp³-hybridized carbons (Fsp3) is 0.500. The fourth-order valence-electron chi connectivity index (χ4n) is 2.11. The van der Waals surface area contributed by atoms with E-state index >= 15 is 0 Å². The zero-order valence-corrected chi connectivity index (χ0v) is 9.88. The molecule has 1 aliphatic rings. The Labute approximate surface area is 100 Å². The zero-order chi connectivity index (χ0) is 11.4. The van der Waals surface area contributed by atoms with Crippen LogP contribution in [0.5, 0.6) is 0 Å². The predicted molar refractivity (Wildman–Crippen MR) is 64.6 cm³/mol. The third kappa shape index (κ3) is 2.73. The molecule has 16 heavy (non-hydrogen) atoms. The van der Waals surface area contributed by atoms with Crippen LogP contribution in [0.3, 0.4) is 0 Å². The van der Waals surface area contributed by atoms with Gasteiger partial charge in [0.25, 0.3) is 0 Å². The Morgan fingerprint density at radius 3 is 2.75 bits per heavy atom. The first-order valence-electron chi connectivity index (χ1n) is 5.57. The minimum atomic E-state index is -0.361. The van der Waals surface area contributed by atoms with E-state index in [2.05, 4.69) is 10.2 Å². The Morgan fingerprint density at radius 1 is 1.38 bits per heavy atom. The van der Waals surface area contributed by atoms with E-state index in [4.69, 9.17) is 11.6 Å². The lowest BCUT2D eigenvalue weighted by Crippen LogP contribution is -2.45. The normalized spacial score (nSPS) is 19.6. The van der Waals surface area contributed by atoms with Crippen molar-refractivity contribution in [2.24, 2.45) is 0 Å². The largest absolute Gasteiger partial charge is 0.314 e. The van der Waals surface area contributed by atoms with Gasteiger partial charge in [0.05, 0.1) is 6.04 Å². The van der Waals surface area contributed by atoms with Crippen molar-refractivity contribution in [3.05, 3.63) is 34.9 Å². The van der Waals surface area contributed by atoms with Crippen LogP contribution in [0, 0.1) is 0 Å². The summed E-state index contributed by atoms with van der Waals surface area (Å²) in [5, 5.41) is 3.94. The second kappa shape index (κ2) is 5.62. The van der Waals surface area contributed by atoms with Gasteiger partial charge in [0.2, 0.25) is 0 Å². The Bertz CT molecular complexity index is 340. The van der Waals surface area contributed by atoms with Crippen LogP contribution in [0.1, 0.15) is 11.6 Å². The van der Waals surface area contributed by atoms with Crippen LogP contribution in [0.25, 0.3) is 0 Å². The molecule has 0 amide bonds. The first-order valence-corrected chi connectivity index (χ1v) is 5.95. The molecule has 0 aliphatic carbocycles. The zero-order valence-electron chi connectivity index (χ0n) is 9.13. The molecule has 1 atom stereocenters. The topological polar surface area (TPSA) is 15.3 Å². The highest BCUT2D eigenvalue weighted by Gasteiger charge is 2.21. The molecule has 1 N–H and O–H groups in total. The Kier molecular flexibility index (Phi) is 4.16. The molecule has 2 rings (SSSR count). The van der Waals surface area contributed by atoms with Crippen LogP contribution >= 0.6 is 11.6 Å². The van der Waals surface area contributed by atoms with E-state index in [0.717, 1.165) is 31.7 Å². The van der Waals surface area contributed by atoms with Crippen LogP contribution in [0.4, 0.5) is 4.39 Å². The first kappa shape index (κ1) is 11.8. The molecule has 0 bridgehead atoms. The van der Waals surface area contributed by atoms with Crippen molar-refractivity contribution in [3.8, 4) is 0 Å². The molecule has 0 saturated carbocycles.